The third-order valence-corrected chi connectivity index (χ3v) is 3.30. The summed E-state index contributed by atoms with van der Waals surface area (Å²) in [6.07, 6.45) is 2.69. The number of halogens is 1. The Morgan fingerprint density at radius 2 is 2.00 bits per heavy atom. The van der Waals surface area contributed by atoms with Gasteiger partial charge in [-0.25, -0.2) is 4.39 Å². The van der Waals surface area contributed by atoms with Crippen LogP contribution in [0.15, 0.2) is 18.2 Å². The molecule has 86 valence electrons. The van der Waals surface area contributed by atoms with E-state index < -0.39 is 11.4 Å². The second-order valence-corrected chi connectivity index (χ2v) is 4.53. The zero-order valence-electron chi connectivity index (χ0n) is 9.29. The number of aryl methyl sites for hydroxylation is 1. The Morgan fingerprint density at radius 1 is 1.38 bits per heavy atom. The summed E-state index contributed by atoms with van der Waals surface area (Å²) in [5.41, 5.74) is -0.241. The first-order chi connectivity index (χ1) is 7.53. The van der Waals surface area contributed by atoms with E-state index in [0.29, 0.717) is 24.0 Å². The first kappa shape index (κ1) is 11.3. The maximum absolute atomic E-state index is 13.1. The molecule has 0 aliphatic heterocycles. The lowest BCUT2D eigenvalue weighted by atomic mass is 9.89. The number of rotatable bonds is 2. The standard InChI is InChI=1S/C13H15FO2/c1-9-4-5-10(14)8-11(9)12(15)13(16)6-2-3-7-13/h4-5,8,16H,2-3,6-7H2,1H3. The molecule has 1 aliphatic rings. The monoisotopic (exact) mass is 222 g/mol. The Balaban J connectivity index is 2.36. The summed E-state index contributed by atoms with van der Waals surface area (Å²) in [7, 11) is 0. The lowest BCUT2D eigenvalue weighted by Gasteiger charge is -2.21. The summed E-state index contributed by atoms with van der Waals surface area (Å²) in [6, 6.07) is 4.11. The van der Waals surface area contributed by atoms with Gasteiger partial charge in [-0.3, -0.25) is 4.79 Å². The molecule has 1 saturated carbocycles. The highest BCUT2D eigenvalue weighted by molar-refractivity contribution is 6.03. The van der Waals surface area contributed by atoms with Gasteiger partial charge < -0.3 is 5.11 Å². The molecule has 2 rings (SSSR count). The molecule has 1 aromatic carbocycles. The molecule has 0 spiro atoms. The van der Waals surface area contributed by atoms with Crippen molar-refractivity contribution < 1.29 is 14.3 Å². The third kappa shape index (κ3) is 1.87. The highest BCUT2D eigenvalue weighted by atomic mass is 19.1. The average molecular weight is 222 g/mol. The summed E-state index contributed by atoms with van der Waals surface area (Å²) in [5, 5.41) is 10.2. The Kier molecular flexibility index (Phi) is 2.80. The lowest BCUT2D eigenvalue weighted by molar-refractivity contribution is 0.0352. The zero-order chi connectivity index (χ0) is 11.8. The minimum Gasteiger partial charge on any atom is -0.382 e. The smallest absolute Gasteiger partial charge is 0.194 e. The van der Waals surface area contributed by atoms with Gasteiger partial charge in [-0.05, 0) is 50.3 Å². The fourth-order valence-corrected chi connectivity index (χ4v) is 2.28. The molecular weight excluding hydrogens is 207 g/mol. The van der Waals surface area contributed by atoms with Crippen LogP contribution >= 0.6 is 0 Å². The van der Waals surface area contributed by atoms with Crippen molar-refractivity contribution in [3.63, 3.8) is 0 Å². The molecule has 0 atom stereocenters. The number of hydrogen-bond acceptors (Lipinski definition) is 2. The molecule has 1 fully saturated rings. The van der Waals surface area contributed by atoms with Crippen LogP contribution < -0.4 is 0 Å². The van der Waals surface area contributed by atoms with E-state index in [0.717, 1.165) is 12.8 Å². The van der Waals surface area contributed by atoms with Crippen LogP contribution in [0, 0.1) is 12.7 Å². The summed E-state index contributed by atoms with van der Waals surface area (Å²) in [5.74, 6) is -0.766. The highest BCUT2D eigenvalue weighted by Crippen LogP contribution is 2.33. The maximum Gasteiger partial charge on any atom is 0.194 e. The van der Waals surface area contributed by atoms with Gasteiger partial charge in [0, 0.05) is 5.56 Å². The van der Waals surface area contributed by atoms with Gasteiger partial charge in [0.15, 0.2) is 5.78 Å². The molecule has 3 heteroatoms. The number of ketones is 1. The van der Waals surface area contributed by atoms with E-state index in [1.807, 2.05) is 0 Å². The van der Waals surface area contributed by atoms with Crippen molar-refractivity contribution in [3.05, 3.63) is 35.1 Å². The topological polar surface area (TPSA) is 37.3 Å². The summed E-state index contributed by atoms with van der Waals surface area (Å²) in [4.78, 5) is 12.1. The quantitative estimate of drug-likeness (QED) is 0.781. The molecule has 0 bridgehead atoms. The van der Waals surface area contributed by atoms with E-state index in [1.165, 1.54) is 12.1 Å². The minimum absolute atomic E-state index is 0.310. The highest BCUT2D eigenvalue weighted by Gasteiger charge is 2.39. The number of benzene rings is 1. The van der Waals surface area contributed by atoms with E-state index >= 15 is 0 Å². The molecule has 2 nitrogen and oxygen atoms in total. The van der Waals surface area contributed by atoms with Crippen LogP contribution in [0.4, 0.5) is 4.39 Å². The fraction of sp³-hybridized carbons (Fsp3) is 0.462. The van der Waals surface area contributed by atoms with Crippen molar-refractivity contribution in [1.82, 2.24) is 0 Å². The number of carbonyl (C=O) groups excluding carboxylic acids is 1. The first-order valence-corrected chi connectivity index (χ1v) is 5.56. The summed E-state index contributed by atoms with van der Waals surface area (Å²) in [6.45, 7) is 1.75. The molecular formula is C13H15FO2. The van der Waals surface area contributed by atoms with Gasteiger partial charge >= 0.3 is 0 Å². The summed E-state index contributed by atoms with van der Waals surface area (Å²) >= 11 is 0. The van der Waals surface area contributed by atoms with Gasteiger partial charge in [0.2, 0.25) is 0 Å². The molecule has 0 aromatic heterocycles. The number of hydrogen-bond donors (Lipinski definition) is 1. The van der Waals surface area contributed by atoms with Crippen molar-refractivity contribution in [2.75, 3.05) is 0 Å². The molecule has 0 unspecified atom stereocenters. The van der Waals surface area contributed by atoms with Crippen molar-refractivity contribution in [2.24, 2.45) is 0 Å². The minimum atomic E-state index is -1.27. The van der Waals surface area contributed by atoms with Gasteiger partial charge in [0.1, 0.15) is 11.4 Å². The number of Topliss-reactive ketones (excluding diaryl/α,β-unsaturated/α-hetero) is 1. The SMILES string of the molecule is Cc1ccc(F)cc1C(=O)C1(O)CCCC1. The molecule has 16 heavy (non-hydrogen) atoms. The van der Waals surface area contributed by atoms with Crippen LogP contribution in [0.3, 0.4) is 0 Å². The van der Waals surface area contributed by atoms with Crippen LogP contribution in [-0.4, -0.2) is 16.5 Å². The van der Waals surface area contributed by atoms with Gasteiger partial charge in [0.25, 0.3) is 0 Å². The van der Waals surface area contributed by atoms with Crippen molar-refractivity contribution in [3.8, 4) is 0 Å². The van der Waals surface area contributed by atoms with Gasteiger partial charge in [-0.1, -0.05) is 6.07 Å². The van der Waals surface area contributed by atoms with E-state index in [9.17, 15) is 14.3 Å². The van der Waals surface area contributed by atoms with Crippen LogP contribution in [0.1, 0.15) is 41.6 Å². The first-order valence-electron chi connectivity index (χ1n) is 5.56. The third-order valence-electron chi connectivity index (χ3n) is 3.30. The molecule has 0 radical (unpaired) electrons. The van der Waals surface area contributed by atoms with Crippen LogP contribution in [0.5, 0.6) is 0 Å². The lowest BCUT2D eigenvalue weighted by Crippen LogP contribution is -2.35. The van der Waals surface area contributed by atoms with E-state index in [1.54, 1.807) is 13.0 Å². The summed E-state index contributed by atoms with van der Waals surface area (Å²) < 4.78 is 13.1. The Bertz CT molecular complexity index is 420. The Labute approximate surface area is 94.1 Å². The number of aliphatic hydroxyl groups is 1. The largest absolute Gasteiger partial charge is 0.382 e. The van der Waals surface area contributed by atoms with E-state index in [-0.39, 0.29) is 5.78 Å². The fourth-order valence-electron chi connectivity index (χ4n) is 2.28. The Hall–Kier alpha value is -1.22. The van der Waals surface area contributed by atoms with Crippen LogP contribution in [0.2, 0.25) is 0 Å². The molecule has 1 aliphatic carbocycles. The van der Waals surface area contributed by atoms with E-state index in [4.69, 9.17) is 0 Å². The van der Waals surface area contributed by atoms with Crippen LogP contribution in [0.25, 0.3) is 0 Å². The van der Waals surface area contributed by atoms with Crippen molar-refractivity contribution in [2.45, 2.75) is 38.2 Å². The Morgan fingerprint density at radius 3 is 2.62 bits per heavy atom. The molecule has 0 heterocycles. The number of carbonyl (C=O) groups is 1. The molecule has 0 amide bonds. The predicted octanol–water partition coefficient (Wildman–Crippen LogP) is 2.62. The van der Waals surface area contributed by atoms with E-state index in [2.05, 4.69) is 0 Å². The molecule has 0 saturated heterocycles. The molecule has 1 aromatic rings. The maximum atomic E-state index is 13.1. The molecule has 1 N–H and O–H groups in total. The average Bonchev–Trinajstić information content (AvgIpc) is 2.69. The van der Waals surface area contributed by atoms with Gasteiger partial charge in [0.05, 0.1) is 0 Å². The second-order valence-electron chi connectivity index (χ2n) is 4.53. The van der Waals surface area contributed by atoms with Crippen LogP contribution in [-0.2, 0) is 0 Å². The predicted molar refractivity (Wildman–Crippen MR) is 58.9 cm³/mol. The van der Waals surface area contributed by atoms with Gasteiger partial charge in [-0.15, -0.1) is 0 Å². The van der Waals surface area contributed by atoms with Crippen molar-refractivity contribution in [1.29, 1.82) is 0 Å². The normalized spacial score (nSPS) is 18.7. The zero-order valence-corrected chi connectivity index (χ0v) is 9.29. The van der Waals surface area contributed by atoms with Gasteiger partial charge in [-0.2, -0.15) is 0 Å². The second kappa shape index (κ2) is 3.98. The van der Waals surface area contributed by atoms with Crippen molar-refractivity contribution >= 4 is 5.78 Å².